The first-order chi connectivity index (χ1) is 15.1. The maximum atomic E-state index is 13.6. The molecular weight excluding hydrogens is 403 g/mol. The third-order valence-corrected chi connectivity index (χ3v) is 7.30. The Labute approximate surface area is 181 Å². The number of rotatable bonds is 0. The van der Waals surface area contributed by atoms with Crippen molar-refractivity contribution in [2.45, 2.75) is 68.5 Å². The fraction of sp³-hybridized carbons (Fsp3) is 0.652. The highest BCUT2D eigenvalue weighted by molar-refractivity contribution is 5.82. The number of ether oxygens (including phenoxy) is 3. The minimum atomic E-state index is -1.96. The molecule has 1 saturated carbocycles. The third-order valence-electron chi connectivity index (χ3n) is 7.30. The molecule has 0 aromatic heterocycles. The lowest BCUT2D eigenvalue weighted by atomic mass is 9.82. The van der Waals surface area contributed by atoms with E-state index >= 15 is 0 Å². The van der Waals surface area contributed by atoms with Crippen LogP contribution < -0.4 is 10.1 Å². The molecule has 31 heavy (non-hydrogen) atoms. The number of morpholine rings is 1. The number of hydrogen-bond acceptors (Lipinski definition) is 5. The molecule has 3 atom stereocenters. The highest BCUT2D eigenvalue weighted by Gasteiger charge is 2.53. The van der Waals surface area contributed by atoms with E-state index in [4.69, 9.17) is 14.2 Å². The number of nitrogens with one attached hydrogen (secondary N) is 1. The minimum Gasteiger partial charge on any atom is -0.493 e. The van der Waals surface area contributed by atoms with Crippen LogP contribution in [0.25, 0.3) is 0 Å². The summed E-state index contributed by atoms with van der Waals surface area (Å²) in [7, 11) is 0. The Hall–Kier alpha value is -2.19. The van der Waals surface area contributed by atoms with E-state index in [0.29, 0.717) is 25.5 Å². The Morgan fingerprint density at radius 3 is 2.71 bits per heavy atom. The molecule has 0 radical (unpaired) electrons. The average molecular weight is 432 g/mol. The van der Waals surface area contributed by atoms with Crippen LogP contribution in [0.3, 0.4) is 0 Å². The van der Waals surface area contributed by atoms with Crippen LogP contribution in [0, 0.1) is 0 Å². The van der Waals surface area contributed by atoms with Crippen LogP contribution in [0.1, 0.15) is 50.0 Å². The molecule has 1 unspecified atom stereocenters. The van der Waals surface area contributed by atoms with Gasteiger partial charge in [0.1, 0.15) is 5.75 Å². The van der Waals surface area contributed by atoms with Gasteiger partial charge in [0.25, 0.3) is 12.3 Å². The summed E-state index contributed by atoms with van der Waals surface area (Å²) in [5.74, 6) is 0.451. The summed E-state index contributed by atoms with van der Waals surface area (Å²) in [4.78, 5) is 26.9. The van der Waals surface area contributed by atoms with Crippen molar-refractivity contribution in [1.82, 2.24) is 10.2 Å². The summed E-state index contributed by atoms with van der Waals surface area (Å²) in [6.07, 6.45) is 2.80. The fourth-order valence-corrected chi connectivity index (χ4v) is 5.55. The zero-order valence-electron chi connectivity index (χ0n) is 17.6. The highest BCUT2D eigenvalue weighted by Crippen LogP contribution is 2.39. The Morgan fingerprint density at radius 1 is 1.10 bits per heavy atom. The van der Waals surface area contributed by atoms with E-state index in [1.54, 1.807) is 4.90 Å². The van der Waals surface area contributed by atoms with Crippen LogP contribution in [0.2, 0.25) is 0 Å². The molecule has 4 heterocycles. The van der Waals surface area contributed by atoms with Crippen molar-refractivity contribution in [1.29, 1.82) is 0 Å². The average Bonchev–Trinajstić information content (AvgIpc) is 3.13. The van der Waals surface area contributed by atoms with Gasteiger partial charge in [-0.1, -0.05) is 18.2 Å². The third kappa shape index (κ3) is 3.91. The number of carbonyl (C=O) groups excluding carboxylic acids is 2. The number of alkyl halides is 1. The fourth-order valence-electron chi connectivity index (χ4n) is 5.55. The van der Waals surface area contributed by atoms with Crippen molar-refractivity contribution in [2.75, 3.05) is 26.4 Å². The van der Waals surface area contributed by atoms with Crippen LogP contribution >= 0.6 is 0 Å². The molecule has 7 nitrogen and oxygen atoms in total. The van der Waals surface area contributed by atoms with Crippen molar-refractivity contribution in [3.8, 4) is 5.75 Å². The summed E-state index contributed by atoms with van der Waals surface area (Å²) in [5, 5.41) is 2.81. The van der Waals surface area contributed by atoms with E-state index in [9.17, 15) is 14.0 Å². The molecule has 1 spiro atoms. The molecule has 5 aliphatic rings. The number of fused-ring (bicyclic) bond motifs is 6. The number of nitrogens with zero attached hydrogens (tertiary/aromatic N) is 1. The van der Waals surface area contributed by atoms with E-state index in [0.717, 1.165) is 31.4 Å². The van der Waals surface area contributed by atoms with Crippen molar-refractivity contribution in [3.05, 3.63) is 29.8 Å². The standard InChI is InChI=1S/C23H29FN2O5/c24-21-22(28)25-23(14-31-21)10-11-26-19(23)13-30-16-7-5-15(6-8-16)17-3-1-2-4-18(17)29-12-9-20(26)27/h1-4,15-16,19,21H,5-14H2,(H,25,28)/t15?,16?,19-,21?,23+/m1/s1. The predicted molar refractivity (Wildman–Crippen MR) is 109 cm³/mol. The molecule has 1 aromatic rings. The smallest absolute Gasteiger partial charge is 0.282 e. The van der Waals surface area contributed by atoms with Crippen LogP contribution in [0.5, 0.6) is 5.75 Å². The molecule has 2 bridgehead atoms. The van der Waals surface area contributed by atoms with E-state index in [1.807, 2.05) is 18.2 Å². The van der Waals surface area contributed by atoms with Crippen molar-refractivity contribution >= 4 is 11.8 Å². The number of carbonyl (C=O) groups is 2. The largest absolute Gasteiger partial charge is 0.493 e. The van der Waals surface area contributed by atoms with E-state index < -0.39 is 17.8 Å². The lowest BCUT2D eigenvalue weighted by Gasteiger charge is -2.42. The van der Waals surface area contributed by atoms with Crippen LogP contribution in [0.15, 0.2) is 24.3 Å². The number of amides is 2. The Kier molecular flexibility index (Phi) is 5.60. The summed E-state index contributed by atoms with van der Waals surface area (Å²) in [6, 6.07) is 7.71. The highest BCUT2D eigenvalue weighted by atomic mass is 19.1. The van der Waals surface area contributed by atoms with Gasteiger partial charge in [-0.25, -0.2) is 4.39 Å². The lowest BCUT2D eigenvalue weighted by Crippen LogP contribution is -2.66. The van der Waals surface area contributed by atoms with Crippen molar-refractivity contribution in [3.63, 3.8) is 0 Å². The maximum absolute atomic E-state index is 13.6. The zero-order chi connectivity index (χ0) is 21.4. The van der Waals surface area contributed by atoms with Gasteiger partial charge in [-0.05, 0) is 49.7 Å². The second-order valence-corrected chi connectivity index (χ2v) is 9.07. The van der Waals surface area contributed by atoms with Gasteiger partial charge < -0.3 is 24.4 Å². The summed E-state index contributed by atoms with van der Waals surface area (Å²) in [6.45, 7) is 1.10. The van der Waals surface area contributed by atoms with Gasteiger partial charge >= 0.3 is 0 Å². The normalized spacial score (nSPS) is 36.4. The Bertz CT molecular complexity index is 843. The molecule has 1 aromatic carbocycles. The van der Waals surface area contributed by atoms with Gasteiger partial charge in [0.05, 0.1) is 43.9 Å². The Morgan fingerprint density at radius 2 is 1.90 bits per heavy atom. The van der Waals surface area contributed by atoms with Gasteiger partial charge in [-0.3, -0.25) is 9.59 Å². The number of para-hydroxylation sites is 1. The summed E-state index contributed by atoms with van der Waals surface area (Å²) < 4.78 is 31.1. The first-order valence-corrected chi connectivity index (χ1v) is 11.3. The first kappa shape index (κ1) is 20.7. The van der Waals surface area contributed by atoms with Crippen LogP contribution in [0.4, 0.5) is 4.39 Å². The van der Waals surface area contributed by atoms with Gasteiger partial charge in [0, 0.05) is 6.54 Å². The van der Waals surface area contributed by atoms with E-state index in [2.05, 4.69) is 11.4 Å². The maximum Gasteiger partial charge on any atom is 0.282 e. The first-order valence-electron chi connectivity index (χ1n) is 11.3. The topological polar surface area (TPSA) is 77.1 Å². The van der Waals surface area contributed by atoms with E-state index in [1.165, 1.54) is 5.56 Å². The minimum absolute atomic E-state index is 0.0360. The second kappa shape index (κ2) is 8.39. The zero-order valence-corrected chi connectivity index (χ0v) is 17.6. The molecule has 6 rings (SSSR count). The molecule has 168 valence electrons. The molecule has 2 amide bonds. The van der Waals surface area contributed by atoms with Crippen LogP contribution in [-0.2, 0) is 19.1 Å². The quantitative estimate of drug-likeness (QED) is 0.681. The van der Waals surface area contributed by atoms with Crippen molar-refractivity contribution < 1.29 is 28.2 Å². The summed E-state index contributed by atoms with van der Waals surface area (Å²) in [5.41, 5.74) is 0.406. The molecule has 1 aliphatic carbocycles. The molecule has 4 aliphatic heterocycles. The monoisotopic (exact) mass is 432 g/mol. The molecule has 8 heteroatoms. The van der Waals surface area contributed by atoms with Gasteiger partial charge in [-0.15, -0.1) is 0 Å². The van der Waals surface area contributed by atoms with Gasteiger partial charge in [0.2, 0.25) is 5.91 Å². The molecule has 2 saturated heterocycles. The number of hydrogen-bond donors (Lipinski definition) is 1. The molecule has 1 N–H and O–H groups in total. The number of halogens is 1. The predicted octanol–water partition coefficient (Wildman–Crippen LogP) is 2.29. The summed E-state index contributed by atoms with van der Waals surface area (Å²) >= 11 is 0. The van der Waals surface area contributed by atoms with Crippen LogP contribution in [-0.4, -0.2) is 67.1 Å². The van der Waals surface area contributed by atoms with Gasteiger partial charge in [0.15, 0.2) is 0 Å². The van der Waals surface area contributed by atoms with Crippen molar-refractivity contribution in [2.24, 2.45) is 0 Å². The lowest BCUT2D eigenvalue weighted by molar-refractivity contribution is -0.167. The molecular formula is C23H29FN2O5. The number of benzene rings is 1. The van der Waals surface area contributed by atoms with Gasteiger partial charge in [-0.2, -0.15) is 0 Å². The SMILES string of the molecule is O=C1N[C@@]2(CCN3C(=O)CCOc4ccccc4C4CCC(CC4)OC[C@@H]32)COC1F. The molecule has 3 fully saturated rings. The van der Waals surface area contributed by atoms with E-state index in [-0.39, 0.29) is 37.7 Å². The Balaban J connectivity index is 1.39. The second-order valence-electron chi connectivity index (χ2n) is 9.07.